The van der Waals surface area contributed by atoms with E-state index in [1.165, 1.54) is 12.8 Å². The SMILES string of the molecule is CC(C)(C)OC(=O)N[C@@H]1CCO[C@@H]([C@@H]2CCCNC2)C1. The molecule has 0 bridgehead atoms. The monoisotopic (exact) mass is 284 g/mol. The van der Waals surface area contributed by atoms with Crippen LogP contribution < -0.4 is 10.6 Å². The molecule has 0 aliphatic carbocycles. The highest BCUT2D eigenvalue weighted by Crippen LogP contribution is 2.25. The number of carbonyl (C=O) groups excluding carboxylic acids is 1. The molecule has 1 amide bonds. The average molecular weight is 284 g/mol. The maximum atomic E-state index is 11.8. The third-order valence-corrected chi connectivity index (χ3v) is 3.90. The molecule has 0 aromatic rings. The van der Waals surface area contributed by atoms with E-state index in [1.807, 2.05) is 20.8 Å². The molecule has 3 atom stereocenters. The van der Waals surface area contributed by atoms with E-state index in [4.69, 9.17) is 9.47 Å². The minimum absolute atomic E-state index is 0.172. The smallest absolute Gasteiger partial charge is 0.407 e. The van der Waals surface area contributed by atoms with Gasteiger partial charge in [0.15, 0.2) is 0 Å². The normalized spacial score (nSPS) is 31.6. The van der Waals surface area contributed by atoms with E-state index in [0.29, 0.717) is 5.92 Å². The summed E-state index contributed by atoms with van der Waals surface area (Å²) in [5.41, 5.74) is -0.443. The van der Waals surface area contributed by atoms with Crippen molar-refractivity contribution in [2.24, 2.45) is 5.92 Å². The Morgan fingerprint density at radius 2 is 2.15 bits per heavy atom. The van der Waals surface area contributed by atoms with E-state index < -0.39 is 5.60 Å². The van der Waals surface area contributed by atoms with Crippen LogP contribution in [0.3, 0.4) is 0 Å². The second kappa shape index (κ2) is 6.76. The van der Waals surface area contributed by atoms with Crippen LogP contribution in [0.5, 0.6) is 0 Å². The zero-order valence-corrected chi connectivity index (χ0v) is 12.9. The van der Waals surface area contributed by atoms with Gasteiger partial charge in [0.25, 0.3) is 0 Å². The molecule has 0 aromatic heterocycles. The van der Waals surface area contributed by atoms with Crippen LogP contribution in [0, 0.1) is 5.92 Å². The fourth-order valence-corrected chi connectivity index (χ4v) is 2.96. The van der Waals surface area contributed by atoms with Gasteiger partial charge < -0.3 is 20.1 Å². The molecule has 2 N–H and O–H groups in total. The number of hydrogen-bond acceptors (Lipinski definition) is 4. The van der Waals surface area contributed by atoms with Crippen molar-refractivity contribution in [2.75, 3.05) is 19.7 Å². The van der Waals surface area contributed by atoms with E-state index >= 15 is 0 Å². The molecule has 0 unspecified atom stereocenters. The lowest BCUT2D eigenvalue weighted by atomic mass is 9.88. The Labute approximate surface area is 121 Å². The fourth-order valence-electron chi connectivity index (χ4n) is 2.96. The van der Waals surface area contributed by atoms with Crippen molar-refractivity contribution in [1.82, 2.24) is 10.6 Å². The van der Waals surface area contributed by atoms with E-state index in [0.717, 1.165) is 32.5 Å². The molecule has 116 valence electrons. The first-order chi connectivity index (χ1) is 9.44. The van der Waals surface area contributed by atoms with Crippen molar-refractivity contribution in [2.45, 2.75) is 64.2 Å². The number of carbonyl (C=O) groups is 1. The topological polar surface area (TPSA) is 59.6 Å². The van der Waals surface area contributed by atoms with Crippen molar-refractivity contribution < 1.29 is 14.3 Å². The van der Waals surface area contributed by atoms with Crippen LogP contribution in [-0.4, -0.2) is 43.5 Å². The minimum atomic E-state index is -0.443. The third-order valence-electron chi connectivity index (χ3n) is 3.90. The summed E-state index contributed by atoms with van der Waals surface area (Å²) in [5.74, 6) is 0.576. The van der Waals surface area contributed by atoms with E-state index in [1.54, 1.807) is 0 Å². The van der Waals surface area contributed by atoms with Gasteiger partial charge in [-0.15, -0.1) is 0 Å². The minimum Gasteiger partial charge on any atom is -0.444 e. The predicted molar refractivity (Wildman–Crippen MR) is 77.7 cm³/mol. The largest absolute Gasteiger partial charge is 0.444 e. The Balaban J connectivity index is 1.79. The summed E-state index contributed by atoms with van der Waals surface area (Å²) in [6.45, 7) is 8.52. The van der Waals surface area contributed by atoms with E-state index in [9.17, 15) is 4.79 Å². The van der Waals surface area contributed by atoms with Gasteiger partial charge in [-0.1, -0.05) is 0 Å². The lowest BCUT2D eigenvalue weighted by Gasteiger charge is -2.37. The molecule has 5 heteroatoms. The van der Waals surface area contributed by atoms with Crippen molar-refractivity contribution in [3.8, 4) is 0 Å². The number of piperidine rings is 1. The highest BCUT2D eigenvalue weighted by atomic mass is 16.6. The lowest BCUT2D eigenvalue weighted by Crippen LogP contribution is -2.48. The number of ether oxygens (including phenoxy) is 2. The maximum Gasteiger partial charge on any atom is 0.407 e. The van der Waals surface area contributed by atoms with Gasteiger partial charge in [0, 0.05) is 19.2 Å². The van der Waals surface area contributed by atoms with Crippen LogP contribution in [0.15, 0.2) is 0 Å². The number of alkyl carbamates (subject to hydrolysis) is 1. The molecule has 5 nitrogen and oxygen atoms in total. The van der Waals surface area contributed by atoms with Gasteiger partial charge in [-0.3, -0.25) is 0 Å². The first-order valence-corrected chi connectivity index (χ1v) is 7.76. The first kappa shape index (κ1) is 15.6. The van der Waals surface area contributed by atoms with Crippen LogP contribution in [0.2, 0.25) is 0 Å². The number of nitrogens with one attached hydrogen (secondary N) is 2. The summed E-state index contributed by atoms with van der Waals surface area (Å²) in [4.78, 5) is 11.8. The summed E-state index contributed by atoms with van der Waals surface area (Å²) < 4.78 is 11.2. The van der Waals surface area contributed by atoms with E-state index in [-0.39, 0.29) is 18.2 Å². The van der Waals surface area contributed by atoms with Gasteiger partial charge in [0.1, 0.15) is 5.60 Å². The van der Waals surface area contributed by atoms with Crippen LogP contribution >= 0.6 is 0 Å². The average Bonchev–Trinajstić information content (AvgIpc) is 2.38. The number of amides is 1. The summed E-state index contributed by atoms with van der Waals surface area (Å²) in [6.07, 6.45) is 4.15. The van der Waals surface area contributed by atoms with Gasteiger partial charge in [0.2, 0.25) is 0 Å². The molecule has 0 saturated carbocycles. The molecule has 0 radical (unpaired) electrons. The van der Waals surface area contributed by atoms with Crippen molar-refractivity contribution >= 4 is 6.09 Å². The van der Waals surface area contributed by atoms with Gasteiger partial charge in [-0.2, -0.15) is 0 Å². The van der Waals surface area contributed by atoms with Gasteiger partial charge >= 0.3 is 6.09 Å². The third kappa shape index (κ3) is 4.94. The standard InChI is InChI=1S/C15H28N2O3/c1-15(2,3)20-14(18)17-12-6-8-19-13(9-12)11-5-4-7-16-10-11/h11-13,16H,4-10H2,1-3H3,(H,17,18)/t11-,12-,13-/m1/s1. The molecule has 20 heavy (non-hydrogen) atoms. The second-order valence-electron chi connectivity index (χ2n) is 6.88. The van der Waals surface area contributed by atoms with Gasteiger partial charge in [-0.05, 0) is 58.9 Å². The van der Waals surface area contributed by atoms with Crippen molar-refractivity contribution in [3.63, 3.8) is 0 Å². The van der Waals surface area contributed by atoms with Gasteiger partial charge in [-0.25, -0.2) is 4.79 Å². The van der Waals surface area contributed by atoms with Crippen LogP contribution in [0.25, 0.3) is 0 Å². The van der Waals surface area contributed by atoms with Gasteiger partial charge in [0.05, 0.1) is 6.10 Å². The number of rotatable bonds is 2. The summed E-state index contributed by atoms with van der Waals surface area (Å²) in [5, 5.41) is 6.41. The Morgan fingerprint density at radius 1 is 1.35 bits per heavy atom. The van der Waals surface area contributed by atoms with Crippen LogP contribution in [-0.2, 0) is 9.47 Å². The Morgan fingerprint density at radius 3 is 2.80 bits per heavy atom. The summed E-state index contributed by atoms with van der Waals surface area (Å²) >= 11 is 0. The molecular weight excluding hydrogens is 256 g/mol. The molecule has 0 spiro atoms. The van der Waals surface area contributed by atoms with E-state index in [2.05, 4.69) is 10.6 Å². The zero-order chi connectivity index (χ0) is 14.6. The molecule has 2 rings (SSSR count). The Bertz CT molecular complexity index is 322. The van der Waals surface area contributed by atoms with Crippen molar-refractivity contribution in [1.29, 1.82) is 0 Å². The maximum absolute atomic E-state index is 11.8. The molecule has 2 saturated heterocycles. The zero-order valence-electron chi connectivity index (χ0n) is 12.9. The van der Waals surface area contributed by atoms with Crippen LogP contribution in [0.1, 0.15) is 46.5 Å². The lowest BCUT2D eigenvalue weighted by molar-refractivity contribution is -0.0393. The highest BCUT2D eigenvalue weighted by Gasteiger charge is 2.31. The predicted octanol–water partition coefficient (Wildman–Crippen LogP) is 2.06. The second-order valence-corrected chi connectivity index (χ2v) is 6.88. The molecule has 2 heterocycles. The Kier molecular flexibility index (Phi) is 5.27. The molecule has 2 aliphatic rings. The molecule has 2 fully saturated rings. The van der Waals surface area contributed by atoms with Crippen molar-refractivity contribution in [3.05, 3.63) is 0 Å². The molecular formula is C15H28N2O3. The Hall–Kier alpha value is -0.810. The first-order valence-electron chi connectivity index (χ1n) is 7.76. The molecule has 0 aromatic carbocycles. The van der Waals surface area contributed by atoms with Crippen LogP contribution in [0.4, 0.5) is 4.79 Å². The summed E-state index contributed by atoms with van der Waals surface area (Å²) in [7, 11) is 0. The highest BCUT2D eigenvalue weighted by molar-refractivity contribution is 5.68. The molecule has 2 aliphatic heterocycles. The number of hydrogen-bond donors (Lipinski definition) is 2. The fraction of sp³-hybridized carbons (Fsp3) is 0.933. The quantitative estimate of drug-likeness (QED) is 0.815. The summed E-state index contributed by atoms with van der Waals surface area (Å²) in [6, 6.07) is 0.172.